The van der Waals surface area contributed by atoms with Gasteiger partial charge in [0.25, 0.3) is 0 Å². The topological polar surface area (TPSA) is 58.2 Å². The molecule has 4 heteroatoms. The number of aliphatic hydroxyl groups is 1. The van der Waals surface area contributed by atoms with Crippen LogP contribution in [0.15, 0.2) is 25.3 Å². The van der Waals surface area contributed by atoms with Crippen molar-refractivity contribution in [3.63, 3.8) is 0 Å². The Hall–Kier alpha value is -0.680. The Morgan fingerprint density at radius 3 is 1.87 bits per heavy atom. The van der Waals surface area contributed by atoms with E-state index in [1.807, 2.05) is 33.3 Å². The summed E-state index contributed by atoms with van der Waals surface area (Å²) in [7, 11) is 5.99. The molecule has 0 rings (SSSR count). The maximum atomic E-state index is 8.86. The van der Waals surface area contributed by atoms with E-state index in [4.69, 9.17) is 5.11 Å². The predicted molar refractivity (Wildman–Crippen MR) is 65.0 cm³/mol. The highest BCUT2D eigenvalue weighted by molar-refractivity contribution is 5.03. The molecule has 0 aliphatic heterocycles. The summed E-state index contributed by atoms with van der Waals surface area (Å²) in [5, 5.41) is 8.86. The molecular formula is C11H24N2O2. The third-order valence-electron chi connectivity index (χ3n) is 2.39. The van der Waals surface area contributed by atoms with Gasteiger partial charge >= 0.3 is 0 Å². The fourth-order valence-electron chi connectivity index (χ4n) is 1.54. The second kappa shape index (κ2) is 8.61. The van der Waals surface area contributed by atoms with Gasteiger partial charge in [0.05, 0.1) is 6.61 Å². The van der Waals surface area contributed by atoms with Crippen LogP contribution in [0.2, 0.25) is 0 Å². The lowest BCUT2D eigenvalue weighted by Gasteiger charge is -2.34. The molecule has 0 aromatic carbocycles. The van der Waals surface area contributed by atoms with Crippen LogP contribution in [0.25, 0.3) is 0 Å². The number of aliphatic hydroxyl groups excluding tert-OH is 1. The molecule has 0 fully saturated rings. The Bertz CT molecular complexity index is 183. The molecule has 0 radical (unpaired) electrons. The molecule has 0 aromatic rings. The van der Waals surface area contributed by atoms with Crippen molar-refractivity contribution in [2.75, 3.05) is 34.3 Å². The monoisotopic (exact) mass is 216 g/mol. The van der Waals surface area contributed by atoms with Gasteiger partial charge < -0.3 is 15.5 Å². The van der Waals surface area contributed by atoms with E-state index >= 15 is 0 Å². The average molecular weight is 216 g/mol. The zero-order valence-corrected chi connectivity index (χ0v) is 9.98. The van der Waals surface area contributed by atoms with E-state index in [2.05, 4.69) is 23.0 Å². The highest BCUT2D eigenvalue weighted by Crippen LogP contribution is 2.09. The zero-order valence-electron chi connectivity index (χ0n) is 9.98. The molecule has 0 bridgehead atoms. The summed E-state index contributed by atoms with van der Waals surface area (Å²) >= 11 is 0. The quantitative estimate of drug-likeness (QED) is 0.597. The van der Waals surface area contributed by atoms with Crippen LogP contribution in [-0.4, -0.2) is 66.8 Å². The molecule has 90 valence electrons. The molecule has 2 atom stereocenters. The van der Waals surface area contributed by atoms with E-state index in [0.717, 1.165) is 0 Å². The van der Waals surface area contributed by atoms with Gasteiger partial charge in [0, 0.05) is 18.6 Å². The van der Waals surface area contributed by atoms with E-state index < -0.39 is 0 Å². The molecule has 4 nitrogen and oxygen atoms in total. The van der Waals surface area contributed by atoms with Gasteiger partial charge in [0.1, 0.15) is 0 Å². The molecule has 0 aliphatic rings. The lowest BCUT2D eigenvalue weighted by Crippen LogP contribution is -2.46. The summed E-state index contributed by atoms with van der Waals surface area (Å²) in [4.78, 5) is 4.16. The first-order valence-corrected chi connectivity index (χ1v) is 4.81. The van der Waals surface area contributed by atoms with Gasteiger partial charge in [0.2, 0.25) is 0 Å². The van der Waals surface area contributed by atoms with Crippen molar-refractivity contribution in [2.45, 2.75) is 12.1 Å². The van der Waals surface area contributed by atoms with Crippen molar-refractivity contribution in [1.29, 1.82) is 0 Å². The Morgan fingerprint density at radius 1 is 1.13 bits per heavy atom. The molecule has 0 amide bonds. The minimum Gasteiger partial charge on any atom is -0.412 e. The standard InChI is InChI=1S/C11H22N2O.H2O/c1-6-10(12(3)4)11(7-2)13(5)8-9-14;/h6-7,10-11,14H,1-2,8-9H2,3-5H3;1H2. The van der Waals surface area contributed by atoms with E-state index in [9.17, 15) is 0 Å². The van der Waals surface area contributed by atoms with Gasteiger partial charge in [-0.25, -0.2) is 0 Å². The molecule has 0 saturated carbocycles. The first-order valence-electron chi connectivity index (χ1n) is 4.81. The molecule has 0 aromatic heterocycles. The first kappa shape index (κ1) is 16.7. The maximum absolute atomic E-state index is 8.86. The molecule has 0 heterocycles. The lowest BCUT2D eigenvalue weighted by atomic mass is 10.1. The highest BCUT2D eigenvalue weighted by Gasteiger charge is 2.21. The van der Waals surface area contributed by atoms with Gasteiger partial charge in [-0.3, -0.25) is 4.90 Å². The summed E-state index contributed by atoms with van der Waals surface area (Å²) in [5.74, 6) is 0. The van der Waals surface area contributed by atoms with E-state index in [-0.39, 0.29) is 24.2 Å². The van der Waals surface area contributed by atoms with Gasteiger partial charge in [-0.2, -0.15) is 0 Å². The second-order valence-corrected chi connectivity index (χ2v) is 3.62. The minimum absolute atomic E-state index is 0. The zero-order chi connectivity index (χ0) is 11.1. The Labute approximate surface area is 92.8 Å². The van der Waals surface area contributed by atoms with Crippen molar-refractivity contribution in [1.82, 2.24) is 9.80 Å². The maximum Gasteiger partial charge on any atom is 0.0558 e. The van der Waals surface area contributed by atoms with Gasteiger partial charge in [0.15, 0.2) is 0 Å². The fraction of sp³-hybridized carbons (Fsp3) is 0.636. The molecule has 0 saturated heterocycles. The van der Waals surface area contributed by atoms with Crippen molar-refractivity contribution < 1.29 is 10.6 Å². The van der Waals surface area contributed by atoms with Crippen LogP contribution in [0.1, 0.15) is 0 Å². The first-order chi connectivity index (χ1) is 6.58. The van der Waals surface area contributed by atoms with Crippen LogP contribution in [0, 0.1) is 0 Å². The number of nitrogens with zero attached hydrogens (tertiary/aromatic N) is 2. The van der Waals surface area contributed by atoms with E-state index in [1.54, 1.807) is 0 Å². The largest absolute Gasteiger partial charge is 0.412 e. The van der Waals surface area contributed by atoms with E-state index in [0.29, 0.717) is 6.54 Å². The molecular weight excluding hydrogens is 192 g/mol. The van der Waals surface area contributed by atoms with Crippen molar-refractivity contribution in [3.8, 4) is 0 Å². The van der Waals surface area contributed by atoms with Gasteiger partial charge in [-0.1, -0.05) is 12.2 Å². The smallest absolute Gasteiger partial charge is 0.0558 e. The van der Waals surface area contributed by atoms with Crippen LogP contribution in [-0.2, 0) is 0 Å². The van der Waals surface area contributed by atoms with Crippen LogP contribution < -0.4 is 0 Å². The van der Waals surface area contributed by atoms with Crippen LogP contribution in [0.5, 0.6) is 0 Å². The minimum atomic E-state index is 0. The summed E-state index contributed by atoms with van der Waals surface area (Å²) in [6.07, 6.45) is 3.79. The number of rotatable bonds is 7. The summed E-state index contributed by atoms with van der Waals surface area (Å²) < 4.78 is 0. The lowest BCUT2D eigenvalue weighted by molar-refractivity contribution is 0.156. The molecule has 3 N–H and O–H groups in total. The molecule has 0 aliphatic carbocycles. The molecule has 15 heavy (non-hydrogen) atoms. The van der Waals surface area contributed by atoms with Crippen molar-refractivity contribution in [2.24, 2.45) is 0 Å². The van der Waals surface area contributed by atoms with Crippen molar-refractivity contribution in [3.05, 3.63) is 25.3 Å². The van der Waals surface area contributed by atoms with Crippen LogP contribution >= 0.6 is 0 Å². The SMILES string of the molecule is C=CC(C(C=C)N(C)CCO)N(C)C.O. The third kappa shape index (κ3) is 5.09. The van der Waals surface area contributed by atoms with Crippen molar-refractivity contribution >= 4 is 0 Å². The van der Waals surface area contributed by atoms with Crippen LogP contribution in [0.4, 0.5) is 0 Å². The fourth-order valence-corrected chi connectivity index (χ4v) is 1.54. The predicted octanol–water partition coefficient (Wildman–Crippen LogP) is -0.243. The highest BCUT2D eigenvalue weighted by atomic mass is 16.3. The third-order valence-corrected chi connectivity index (χ3v) is 2.39. The summed E-state index contributed by atoms with van der Waals surface area (Å²) in [6.45, 7) is 8.45. The van der Waals surface area contributed by atoms with Gasteiger partial charge in [-0.15, -0.1) is 13.2 Å². The Morgan fingerprint density at radius 2 is 1.60 bits per heavy atom. The second-order valence-electron chi connectivity index (χ2n) is 3.62. The number of hydrogen-bond acceptors (Lipinski definition) is 3. The van der Waals surface area contributed by atoms with Crippen LogP contribution in [0.3, 0.4) is 0 Å². The summed E-state index contributed by atoms with van der Waals surface area (Å²) in [6, 6.07) is 0.415. The number of likely N-dealkylation sites (N-methyl/N-ethyl adjacent to an activating group) is 2. The Balaban J connectivity index is 0. The summed E-state index contributed by atoms with van der Waals surface area (Å²) in [5.41, 5.74) is 0. The number of hydrogen-bond donors (Lipinski definition) is 1. The van der Waals surface area contributed by atoms with E-state index in [1.165, 1.54) is 0 Å². The Kier molecular flexibility index (Phi) is 9.61. The molecule has 2 unspecified atom stereocenters. The normalized spacial score (nSPS) is 14.5. The van der Waals surface area contributed by atoms with Gasteiger partial charge in [-0.05, 0) is 21.1 Å². The molecule has 0 spiro atoms. The average Bonchev–Trinajstić information content (AvgIpc) is 2.13.